The molecule has 2 aromatic rings. The van der Waals surface area contributed by atoms with Gasteiger partial charge in [-0.1, -0.05) is 11.6 Å². The molecule has 20 heavy (non-hydrogen) atoms. The molecule has 2 rings (SSSR count). The fourth-order valence-electron chi connectivity index (χ4n) is 1.56. The van der Waals surface area contributed by atoms with E-state index >= 15 is 0 Å². The van der Waals surface area contributed by atoms with Crippen molar-refractivity contribution < 1.29 is 4.92 Å². The molecule has 0 aliphatic carbocycles. The summed E-state index contributed by atoms with van der Waals surface area (Å²) in [4.78, 5) is 10.1. The third-order valence-corrected chi connectivity index (χ3v) is 2.94. The van der Waals surface area contributed by atoms with Crippen molar-refractivity contribution in [3.05, 3.63) is 69.2 Å². The van der Waals surface area contributed by atoms with Crippen LogP contribution in [0.15, 0.2) is 53.6 Å². The summed E-state index contributed by atoms with van der Waals surface area (Å²) in [7, 11) is 0. The maximum absolute atomic E-state index is 10.6. The van der Waals surface area contributed by atoms with Gasteiger partial charge in [-0.25, -0.2) is 0 Å². The molecule has 0 radical (unpaired) electrons. The van der Waals surface area contributed by atoms with E-state index in [0.717, 1.165) is 17.0 Å². The van der Waals surface area contributed by atoms with Crippen LogP contribution in [0.4, 0.5) is 11.4 Å². The summed E-state index contributed by atoms with van der Waals surface area (Å²) in [5, 5.41) is 15.5. The molecule has 6 heteroatoms. The van der Waals surface area contributed by atoms with Crippen molar-refractivity contribution in [2.75, 3.05) is 5.43 Å². The average Bonchev–Trinajstić information content (AvgIpc) is 2.46. The largest absolute Gasteiger partial charge is 0.278 e. The van der Waals surface area contributed by atoms with E-state index in [1.165, 1.54) is 12.1 Å². The van der Waals surface area contributed by atoms with E-state index in [0.29, 0.717) is 5.02 Å². The van der Waals surface area contributed by atoms with Gasteiger partial charge in [0, 0.05) is 17.2 Å². The highest BCUT2D eigenvalue weighted by atomic mass is 35.5. The van der Waals surface area contributed by atoms with E-state index < -0.39 is 4.92 Å². The molecule has 102 valence electrons. The van der Waals surface area contributed by atoms with Crippen LogP contribution in [0, 0.1) is 10.1 Å². The molecule has 0 atom stereocenters. The monoisotopic (exact) mass is 289 g/mol. The smallest absolute Gasteiger partial charge is 0.269 e. The van der Waals surface area contributed by atoms with E-state index in [2.05, 4.69) is 10.5 Å². The molecule has 0 unspecified atom stereocenters. The number of anilines is 1. The third-order valence-electron chi connectivity index (χ3n) is 2.69. The van der Waals surface area contributed by atoms with Crippen LogP contribution >= 0.6 is 11.6 Å². The van der Waals surface area contributed by atoms with E-state index in [9.17, 15) is 10.1 Å². The maximum atomic E-state index is 10.6. The second-order valence-corrected chi connectivity index (χ2v) is 4.56. The number of rotatable bonds is 4. The topological polar surface area (TPSA) is 67.5 Å². The summed E-state index contributed by atoms with van der Waals surface area (Å²) in [6.07, 6.45) is 0. The minimum absolute atomic E-state index is 0.0622. The number of nitrogens with zero attached hydrogens (tertiary/aromatic N) is 2. The Labute approximate surface area is 121 Å². The van der Waals surface area contributed by atoms with Crippen molar-refractivity contribution in [3.8, 4) is 0 Å². The minimum atomic E-state index is -0.428. The zero-order chi connectivity index (χ0) is 14.5. The second-order valence-electron chi connectivity index (χ2n) is 4.12. The summed E-state index contributed by atoms with van der Waals surface area (Å²) < 4.78 is 0. The van der Waals surface area contributed by atoms with Gasteiger partial charge >= 0.3 is 0 Å². The van der Waals surface area contributed by atoms with Gasteiger partial charge in [-0.2, -0.15) is 5.10 Å². The highest BCUT2D eigenvalue weighted by Gasteiger charge is 2.05. The van der Waals surface area contributed by atoms with Crippen molar-refractivity contribution in [1.29, 1.82) is 0 Å². The van der Waals surface area contributed by atoms with Crippen molar-refractivity contribution in [1.82, 2.24) is 0 Å². The Hall–Kier alpha value is -2.40. The zero-order valence-electron chi connectivity index (χ0n) is 10.7. The number of non-ortho nitro benzene ring substituents is 1. The Bertz CT molecular complexity index is 636. The number of halogens is 1. The van der Waals surface area contributed by atoms with Gasteiger partial charge in [0.1, 0.15) is 0 Å². The second kappa shape index (κ2) is 6.16. The minimum Gasteiger partial charge on any atom is -0.278 e. The molecular formula is C14H12ClN3O2. The van der Waals surface area contributed by atoms with Gasteiger partial charge < -0.3 is 0 Å². The van der Waals surface area contributed by atoms with Crippen LogP contribution in [0.5, 0.6) is 0 Å². The van der Waals surface area contributed by atoms with Gasteiger partial charge in [0.15, 0.2) is 0 Å². The van der Waals surface area contributed by atoms with Crippen molar-refractivity contribution in [2.45, 2.75) is 6.92 Å². The number of benzene rings is 2. The fraction of sp³-hybridized carbons (Fsp3) is 0.0714. The van der Waals surface area contributed by atoms with Crippen LogP contribution in [0.3, 0.4) is 0 Å². The third kappa shape index (κ3) is 3.55. The molecule has 1 N–H and O–H groups in total. The van der Waals surface area contributed by atoms with Crippen LogP contribution in [0.1, 0.15) is 12.5 Å². The predicted molar refractivity (Wildman–Crippen MR) is 80.4 cm³/mol. The lowest BCUT2D eigenvalue weighted by Gasteiger charge is -2.03. The molecule has 0 heterocycles. The molecule has 0 amide bonds. The van der Waals surface area contributed by atoms with E-state index in [4.69, 9.17) is 11.6 Å². The molecule has 0 bridgehead atoms. The molecule has 0 aromatic heterocycles. The fourth-order valence-corrected chi connectivity index (χ4v) is 1.69. The summed E-state index contributed by atoms with van der Waals surface area (Å²) in [6, 6.07) is 13.4. The number of hydrogen-bond donors (Lipinski definition) is 1. The molecule has 0 spiro atoms. The van der Waals surface area contributed by atoms with Gasteiger partial charge in [0.05, 0.1) is 16.3 Å². The Morgan fingerprint density at radius 2 is 1.75 bits per heavy atom. The number of nitro groups is 1. The molecule has 0 aliphatic rings. The Kier molecular flexibility index (Phi) is 4.32. The van der Waals surface area contributed by atoms with Crippen LogP contribution in [-0.2, 0) is 0 Å². The maximum Gasteiger partial charge on any atom is 0.269 e. The first-order valence-corrected chi connectivity index (χ1v) is 6.25. The van der Waals surface area contributed by atoms with Crippen molar-refractivity contribution >= 4 is 28.7 Å². The molecule has 0 saturated heterocycles. The molecule has 0 saturated carbocycles. The lowest BCUT2D eigenvalue weighted by Crippen LogP contribution is -2.00. The summed E-state index contributed by atoms with van der Waals surface area (Å²) in [5.41, 5.74) is 5.33. The van der Waals surface area contributed by atoms with Gasteiger partial charge in [0.2, 0.25) is 0 Å². The first kappa shape index (κ1) is 14.0. The lowest BCUT2D eigenvalue weighted by molar-refractivity contribution is -0.384. The SMILES string of the molecule is CC(=NNc1ccc(Cl)cc1)c1ccc([N+](=O)[O-])cc1. The molecular weight excluding hydrogens is 278 g/mol. The van der Waals surface area contributed by atoms with Crippen molar-refractivity contribution in [3.63, 3.8) is 0 Å². The van der Waals surface area contributed by atoms with Crippen LogP contribution in [-0.4, -0.2) is 10.6 Å². The average molecular weight is 290 g/mol. The first-order chi connectivity index (χ1) is 9.56. The van der Waals surface area contributed by atoms with Crippen LogP contribution < -0.4 is 5.43 Å². The van der Waals surface area contributed by atoms with E-state index in [-0.39, 0.29) is 5.69 Å². The summed E-state index contributed by atoms with van der Waals surface area (Å²) in [6.45, 7) is 1.82. The van der Waals surface area contributed by atoms with Crippen LogP contribution in [0.25, 0.3) is 0 Å². The zero-order valence-corrected chi connectivity index (χ0v) is 11.5. The number of nitrogens with one attached hydrogen (secondary N) is 1. The van der Waals surface area contributed by atoms with Gasteiger partial charge in [-0.05, 0) is 48.9 Å². The van der Waals surface area contributed by atoms with Crippen LogP contribution in [0.2, 0.25) is 5.02 Å². The van der Waals surface area contributed by atoms with E-state index in [1.807, 2.05) is 19.1 Å². The number of hydrazone groups is 1. The lowest BCUT2D eigenvalue weighted by atomic mass is 10.1. The van der Waals surface area contributed by atoms with Gasteiger partial charge in [0.25, 0.3) is 5.69 Å². The van der Waals surface area contributed by atoms with Gasteiger partial charge in [-0.3, -0.25) is 15.5 Å². The quantitative estimate of drug-likeness (QED) is 0.524. The predicted octanol–water partition coefficient (Wildman–Crippen LogP) is 4.08. The van der Waals surface area contributed by atoms with E-state index in [1.54, 1.807) is 24.3 Å². The molecule has 0 aliphatic heterocycles. The molecule has 2 aromatic carbocycles. The first-order valence-electron chi connectivity index (χ1n) is 5.87. The Morgan fingerprint density at radius 3 is 2.30 bits per heavy atom. The normalized spacial score (nSPS) is 11.2. The molecule has 5 nitrogen and oxygen atoms in total. The highest BCUT2D eigenvalue weighted by Crippen LogP contribution is 2.15. The highest BCUT2D eigenvalue weighted by molar-refractivity contribution is 6.30. The summed E-state index contributed by atoms with van der Waals surface area (Å²) in [5.74, 6) is 0. The standard InChI is InChI=1S/C14H12ClN3O2/c1-10(11-2-8-14(9-3-11)18(19)20)16-17-13-6-4-12(15)5-7-13/h2-9,17H,1H3. The van der Waals surface area contributed by atoms with Crippen molar-refractivity contribution in [2.24, 2.45) is 5.10 Å². The van der Waals surface area contributed by atoms with Gasteiger partial charge in [-0.15, -0.1) is 0 Å². The Morgan fingerprint density at radius 1 is 1.15 bits per heavy atom. The Balaban J connectivity index is 2.09. The number of nitro benzene ring substituents is 1. The summed E-state index contributed by atoms with van der Waals surface area (Å²) >= 11 is 5.79. The number of hydrogen-bond acceptors (Lipinski definition) is 4. The molecule has 0 fully saturated rings.